The average Bonchev–Trinajstić information content (AvgIpc) is 2.47. The van der Waals surface area contributed by atoms with E-state index in [-0.39, 0.29) is 5.03 Å². The second-order valence-electron chi connectivity index (χ2n) is 2.29. The van der Waals surface area contributed by atoms with Crippen LogP contribution in [0.5, 0.6) is 0 Å². The monoisotopic (exact) mass is 197 g/mol. The molecular formula is C6H3N3O3S. The smallest absolute Gasteiger partial charge is 0.390 e. The molecule has 1 aliphatic heterocycles. The molecule has 66 valence electrons. The molecule has 0 N–H and O–H groups in total. The summed E-state index contributed by atoms with van der Waals surface area (Å²) in [7, 11) is -1.36. The predicted octanol–water partition coefficient (Wildman–Crippen LogP) is 0.477. The van der Waals surface area contributed by atoms with Crippen LogP contribution in [-0.2, 0) is 10.8 Å². The van der Waals surface area contributed by atoms with Crippen LogP contribution in [0, 0.1) is 10.1 Å². The molecule has 6 nitrogen and oxygen atoms in total. The summed E-state index contributed by atoms with van der Waals surface area (Å²) >= 11 is 0. The van der Waals surface area contributed by atoms with Crippen LogP contribution in [0.15, 0.2) is 16.6 Å². The van der Waals surface area contributed by atoms with E-state index in [0.29, 0.717) is 5.56 Å². The van der Waals surface area contributed by atoms with Gasteiger partial charge in [-0.1, -0.05) is 9.97 Å². The SMILES string of the molecule is O=[N+]([O-])c1ncc2c(n1)S(=O)C=C2. The molecule has 0 radical (unpaired) electrons. The fourth-order valence-electron chi connectivity index (χ4n) is 0.930. The molecule has 0 saturated heterocycles. The summed E-state index contributed by atoms with van der Waals surface area (Å²) in [4.78, 5) is 16.6. The zero-order valence-electron chi connectivity index (χ0n) is 6.21. The molecule has 13 heavy (non-hydrogen) atoms. The van der Waals surface area contributed by atoms with Gasteiger partial charge < -0.3 is 10.1 Å². The highest BCUT2D eigenvalue weighted by molar-refractivity contribution is 7.88. The molecule has 0 spiro atoms. The summed E-state index contributed by atoms with van der Waals surface area (Å²) in [5.41, 5.74) is 0.573. The van der Waals surface area contributed by atoms with E-state index < -0.39 is 21.7 Å². The van der Waals surface area contributed by atoms with Crippen LogP contribution in [0.4, 0.5) is 5.95 Å². The van der Waals surface area contributed by atoms with Gasteiger partial charge in [0, 0.05) is 5.41 Å². The van der Waals surface area contributed by atoms with Crippen molar-refractivity contribution >= 4 is 22.8 Å². The third kappa shape index (κ3) is 1.22. The molecule has 0 aliphatic carbocycles. The molecule has 2 heterocycles. The van der Waals surface area contributed by atoms with Gasteiger partial charge in [-0.2, -0.15) is 0 Å². The van der Waals surface area contributed by atoms with E-state index in [0.717, 1.165) is 0 Å². The van der Waals surface area contributed by atoms with Gasteiger partial charge in [0.2, 0.25) is 5.03 Å². The Morgan fingerprint density at radius 3 is 3.00 bits per heavy atom. The minimum atomic E-state index is -1.36. The van der Waals surface area contributed by atoms with Crippen LogP contribution >= 0.6 is 0 Å². The second-order valence-corrected chi connectivity index (χ2v) is 3.54. The Labute approximate surface area is 74.9 Å². The topological polar surface area (TPSA) is 86.0 Å². The molecule has 0 bridgehead atoms. The predicted molar refractivity (Wildman–Crippen MR) is 44.1 cm³/mol. The molecule has 7 heteroatoms. The summed E-state index contributed by atoms with van der Waals surface area (Å²) in [5.74, 6) is -0.518. The Morgan fingerprint density at radius 2 is 2.31 bits per heavy atom. The molecule has 0 amide bonds. The summed E-state index contributed by atoms with van der Waals surface area (Å²) in [6.07, 6.45) is 2.87. The lowest BCUT2D eigenvalue weighted by atomic mass is 10.3. The first kappa shape index (κ1) is 7.99. The molecule has 2 rings (SSSR count). The number of fused-ring (bicyclic) bond motifs is 1. The number of nitrogens with zero attached hydrogens (tertiary/aromatic N) is 3. The van der Waals surface area contributed by atoms with Crippen LogP contribution in [0.2, 0.25) is 0 Å². The first-order chi connectivity index (χ1) is 6.18. The molecule has 1 aliphatic rings. The van der Waals surface area contributed by atoms with Crippen LogP contribution < -0.4 is 0 Å². The Kier molecular flexibility index (Phi) is 1.66. The molecular weight excluding hydrogens is 194 g/mol. The first-order valence-electron chi connectivity index (χ1n) is 3.28. The van der Waals surface area contributed by atoms with E-state index in [1.807, 2.05) is 0 Å². The molecule has 0 aromatic carbocycles. The van der Waals surface area contributed by atoms with Gasteiger partial charge in [-0.05, 0) is 11.0 Å². The lowest BCUT2D eigenvalue weighted by Gasteiger charge is -1.92. The lowest BCUT2D eigenvalue weighted by Crippen LogP contribution is -1.99. The van der Waals surface area contributed by atoms with E-state index >= 15 is 0 Å². The van der Waals surface area contributed by atoms with Crippen molar-refractivity contribution in [2.24, 2.45) is 0 Å². The number of rotatable bonds is 1. The van der Waals surface area contributed by atoms with Gasteiger partial charge in [0.15, 0.2) is 0 Å². The van der Waals surface area contributed by atoms with Crippen molar-refractivity contribution in [2.75, 3.05) is 0 Å². The van der Waals surface area contributed by atoms with Crippen LogP contribution in [0.3, 0.4) is 0 Å². The fraction of sp³-hybridized carbons (Fsp3) is 0. The van der Waals surface area contributed by atoms with Crippen LogP contribution in [0.25, 0.3) is 6.08 Å². The Bertz CT molecular complexity index is 443. The zero-order chi connectivity index (χ0) is 9.42. The molecule has 1 aromatic rings. The van der Waals surface area contributed by atoms with Crippen molar-refractivity contribution in [3.05, 3.63) is 27.3 Å². The number of nitro groups is 1. The van der Waals surface area contributed by atoms with Crippen molar-refractivity contribution in [3.63, 3.8) is 0 Å². The second kappa shape index (κ2) is 2.70. The van der Waals surface area contributed by atoms with Gasteiger partial charge in [0.05, 0.1) is 5.56 Å². The van der Waals surface area contributed by atoms with Crippen molar-refractivity contribution in [3.8, 4) is 0 Å². The van der Waals surface area contributed by atoms with Crippen LogP contribution in [-0.4, -0.2) is 19.1 Å². The standard InChI is InChI=1S/C6H3N3O3S/c10-9(11)6-7-3-4-1-2-13(12)5(4)8-6/h1-3H. The summed E-state index contributed by atoms with van der Waals surface area (Å²) in [5, 5.41) is 11.9. The lowest BCUT2D eigenvalue weighted by molar-refractivity contribution is -0.394. The van der Waals surface area contributed by atoms with E-state index in [1.54, 1.807) is 6.08 Å². The van der Waals surface area contributed by atoms with Gasteiger partial charge in [0.25, 0.3) is 0 Å². The largest absolute Gasteiger partial charge is 0.469 e. The summed E-state index contributed by atoms with van der Waals surface area (Å²) < 4.78 is 11.2. The third-order valence-electron chi connectivity index (χ3n) is 1.49. The fourth-order valence-corrected chi connectivity index (χ4v) is 1.85. The Balaban J connectivity index is 2.57. The van der Waals surface area contributed by atoms with E-state index in [1.165, 1.54) is 11.6 Å². The number of hydrogen-bond acceptors (Lipinski definition) is 5. The van der Waals surface area contributed by atoms with E-state index in [9.17, 15) is 14.3 Å². The number of aromatic nitrogens is 2. The maximum absolute atomic E-state index is 11.2. The normalized spacial score (nSPS) is 18.6. The summed E-state index contributed by atoms with van der Waals surface area (Å²) in [6, 6.07) is 0. The van der Waals surface area contributed by atoms with Gasteiger partial charge in [-0.25, -0.2) is 4.21 Å². The zero-order valence-corrected chi connectivity index (χ0v) is 7.02. The van der Waals surface area contributed by atoms with Crippen molar-refractivity contribution in [1.29, 1.82) is 0 Å². The summed E-state index contributed by atoms with van der Waals surface area (Å²) in [6.45, 7) is 0. The van der Waals surface area contributed by atoms with Gasteiger partial charge in [-0.3, -0.25) is 0 Å². The van der Waals surface area contributed by atoms with Crippen molar-refractivity contribution in [1.82, 2.24) is 9.97 Å². The third-order valence-corrected chi connectivity index (χ3v) is 2.58. The Morgan fingerprint density at radius 1 is 1.54 bits per heavy atom. The molecule has 1 atom stereocenters. The van der Waals surface area contributed by atoms with Gasteiger partial charge in [0.1, 0.15) is 17.0 Å². The minimum absolute atomic E-state index is 0.210. The molecule has 1 unspecified atom stereocenters. The van der Waals surface area contributed by atoms with Crippen molar-refractivity contribution in [2.45, 2.75) is 5.03 Å². The maximum Gasteiger partial charge on any atom is 0.469 e. The molecule has 0 fully saturated rings. The minimum Gasteiger partial charge on any atom is -0.390 e. The highest BCUT2D eigenvalue weighted by Crippen LogP contribution is 2.21. The highest BCUT2D eigenvalue weighted by atomic mass is 32.2. The quantitative estimate of drug-likeness (QED) is 0.371. The van der Waals surface area contributed by atoms with Gasteiger partial charge in [-0.15, -0.1) is 0 Å². The molecule has 0 saturated carbocycles. The van der Waals surface area contributed by atoms with Crippen molar-refractivity contribution < 1.29 is 9.13 Å². The highest BCUT2D eigenvalue weighted by Gasteiger charge is 2.22. The first-order valence-corrected chi connectivity index (χ1v) is 4.50. The number of hydrogen-bond donors (Lipinski definition) is 0. The maximum atomic E-state index is 11.2. The van der Waals surface area contributed by atoms with Crippen LogP contribution in [0.1, 0.15) is 5.56 Å². The average molecular weight is 197 g/mol. The van der Waals surface area contributed by atoms with E-state index in [2.05, 4.69) is 9.97 Å². The Hall–Kier alpha value is -1.63. The van der Waals surface area contributed by atoms with Gasteiger partial charge >= 0.3 is 5.95 Å². The molecule has 1 aromatic heterocycles. The van der Waals surface area contributed by atoms with E-state index in [4.69, 9.17) is 0 Å².